The van der Waals surface area contributed by atoms with Crippen LogP contribution in [0.25, 0.3) is 0 Å². The number of rotatable bonds is 9. The molecule has 0 aliphatic carbocycles. The molecular formula is C21H27N3O5. The number of nitrogens with zero attached hydrogens (tertiary/aromatic N) is 3. The molecule has 0 spiro atoms. The molecule has 0 N–H and O–H groups in total. The standard InChI is InChI=1S/C21H27N3O5/c1-16(17-6-4-3-5-7-17)24-15-22-12-18(24)20(25)14-29-13-19(21(26)27-2)23-8-10-28-11-9-23/h3-7,12,15-16,19H,8-11,13-14H2,1-2H3/t16-,19?/m1/s1. The lowest BCUT2D eigenvalue weighted by atomic mass is 10.1. The molecule has 0 amide bonds. The summed E-state index contributed by atoms with van der Waals surface area (Å²) >= 11 is 0. The number of benzene rings is 1. The van der Waals surface area contributed by atoms with Gasteiger partial charge in [0, 0.05) is 13.1 Å². The third-order valence-electron chi connectivity index (χ3n) is 5.12. The van der Waals surface area contributed by atoms with Crippen molar-refractivity contribution < 1.29 is 23.8 Å². The van der Waals surface area contributed by atoms with E-state index in [1.165, 1.54) is 7.11 Å². The smallest absolute Gasteiger partial charge is 0.325 e. The zero-order chi connectivity index (χ0) is 20.6. The number of imidazole rings is 1. The predicted molar refractivity (Wildman–Crippen MR) is 106 cm³/mol. The third kappa shape index (κ3) is 5.29. The molecule has 1 aromatic carbocycles. The van der Waals surface area contributed by atoms with E-state index in [2.05, 4.69) is 4.98 Å². The van der Waals surface area contributed by atoms with E-state index in [9.17, 15) is 9.59 Å². The fraction of sp³-hybridized carbons (Fsp3) is 0.476. The number of Topliss-reactive ketones (excluding diaryl/α,β-unsaturated/α-hetero) is 1. The van der Waals surface area contributed by atoms with Gasteiger partial charge in [0.15, 0.2) is 0 Å². The SMILES string of the molecule is COC(=O)C(COCC(=O)c1cncn1[C@H](C)c1ccccc1)N1CCOCC1. The molecule has 0 radical (unpaired) electrons. The largest absolute Gasteiger partial charge is 0.468 e. The number of carbonyl (C=O) groups excluding carboxylic acids is 2. The molecule has 1 aromatic heterocycles. The molecule has 2 aromatic rings. The first-order valence-electron chi connectivity index (χ1n) is 9.69. The van der Waals surface area contributed by atoms with Gasteiger partial charge in [-0.3, -0.25) is 14.5 Å². The number of carbonyl (C=O) groups is 2. The van der Waals surface area contributed by atoms with Gasteiger partial charge in [0.05, 0.1) is 45.5 Å². The molecule has 1 saturated heterocycles. The van der Waals surface area contributed by atoms with Crippen LogP contribution in [0.4, 0.5) is 0 Å². The molecule has 2 heterocycles. The minimum absolute atomic E-state index is 0.0335. The van der Waals surface area contributed by atoms with Crippen LogP contribution in [0.15, 0.2) is 42.9 Å². The van der Waals surface area contributed by atoms with Gasteiger partial charge in [-0.15, -0.1) is 0 Å². The van der Waals surface area contributed by atoms with E-state index in [1.54, 1.807) is 12.5 Å². The fourth-order valence-electron chi connectivity index (χ4n) is 3.41. The highest BCUT2D eigenvalue weighted by atomic mass is 16.5. The number of aromatic nitrogens is 2. The first kappa shape index (κ1) is 21.2. The van der Waals surface area contributed by atoms with Crippen LogP contribution in [-0.4, -0.2) is 78.9 Å². The minimum atomic E-state index is -0.551. The highest BCUT2D eigenvalue weighted by Crippen LogP contribution is 2.19. The maximum absolute atomic E-state index is 12.7. The van der Waals surface area contributed by atoms with Crippen LogP contribution in [-0.2, 0) is 19.0 Å². The Labute approximate surface area is 170 Å². The average Bonchev–Trinajstić information content (AvgIpc) is 3.27. The van der Waals surface area contributed by atoms with Crippen molar-refractivity contribution in [2.75, 3.05) is 46.6 Å². The van der Waals surface area contributed by atoms with Crippen LogP contribution in [0, 0.1) is 0 Å². The monoisotopic (exact) mass is 401 g/mol. The maximum atomic E-state index is 12.7. The summed E-state index contributed by atoms with van der Waals surface area (Å²) in [5.41, 5.74) is 1.56. The summed E-state index contributed by atoms with van der Waals surface area (Å²) in [7, 11) is 1.35. The second kappa shape index (κ2) is 10.3. The normalized spacial score (nSPS) is 16.9. The molecule has 8 nitrogen and oxygen atoms in total. The van der Waals surface area contributed by atoms with E-state index < -0.39 is 6.04 Å². The van der Waals surface area contributed by atoms with Gasteiger partial charge in [-0.2, -0.15) is 0 Å². The summed E-state index contributed by atoms with van der Waals surface area (Å²) in [4.78, 5) is 31.0. The van der Waals surface area contributed by atoms with Gasteiger partial charge in [-0.25, -0.2) is 4.98 Å². The van der Waals surface area contributed by atoms with Crippen LogP contribution in [0.1, 0.15) is 29.0 Å². The third-order valence-corrected chi connectivity index (χ3v) is 5.12. The summed E-state index contributed by atoms with van der Waals surface area (Å²) in [5.74, 6) is -0.557. The Morgan fingerprint density at radius 3 is 2.62 bits per heavy atom. The lowest BCUT2D eigenvalue weighted by Crippen LogP contribution is -2.50. The molecule has 156 valence electrons. The topological polar surface area (TPSA) is 82.9 Å². The second-order valence-electron chi connectivity index (χ2n) is 6.90. The number of morpholine rings is 1. The molecule has 1 aliphatic rings. The van der Waals surface area contributed by atoms with Gasteiger partial charge in [-0.05, 0) is 12.5 Å². The van der Waals surface area contributed by atoms with Crippen LogP contribution in [0.5, 0.6) is 0 Å². The minimum Gasteiger partial charge on any atom is -0.468 e. The molecule has 0 saturated carbocycles. The number of ether oxygens (including phenoxy) is 3. The van der Waals surface area contributed by atoms with Crippen molar-refractivity contribution >= 4 is 11.8 Å². The molecule has 29 heavy (non-hydrogen) atoms. The Bertz CT molecular complexity index is 802. The van der Waals surface area contributed by atoms with Crippen LogP contribution >= 0.6 is 0 Å². The number of hydrogen-bond donors (Lipinski definition) is 0. The van der Waals surface area contributed by atoms with Gasteiger partial charge in [0.25, 0.3) is 0 Å². The van der Waals surface area contributed by atoms with Crippen molar-refractivity contribution in [1.82, 2.24) is 14.5 Å². The Kier molecular flexibility index (Phi) is 7.51. The number of esters is 1. The van der Waals surface area contributed by atoms with Crippen LogP contribution in [0.2, 0.25) is 0 Å². The van der Waals surface area contributed by atoms with E-state index in [0.717, 1.165) is 5.56 Å². The molecular weight excluding hydrogens is 374 g/mol. The summed E-state index contributed by atoms with van der Waals surface area (Å²) in [6, 6.07) is 9.32. The quantitative estimate of drug-likeness (QED) is 0.466. The first-order valence-corrected chi connectivity index (χ1v) is 9.69. The lowest BCUT2D eigenvalue weighted by Gasteiger charge is -2.32. The van der Waals surface area contributed by atoms with Crippen molar-refractivity contribution in [2.24, 2.45) is 0 Å². The average molecular weight is 401 g/mol. The summed E-state index contributed by atoms with van der Waals surface area (Å²) in [6.07, 6.45) is 3.20. The van der Waals surface area contributed by atoms with Gasteiger partial charge in [-0.1, -0.05) is 30.3 Å². The Hall–Kier alpha value is -2.55. The molecule has 2 atom stereocenters. The Morgan fingerprint density at radius 2 is 1.93 bits per heavy atom. The Morgan fingerprint density at radius 1 is 1.21 bits per heavy atom. The van der Waals surface area contributed by atoms with Crippen molar-refractivity contribution in [2.45, 2.75) is 19.0 Å². The zero-order valence-electron chi connectivity index (χ0n) is 16.8. The van der Waals surface area contributed by atoms with E-state index in [4.69, 9.17) is 14.2 Å². The highest BCUT2D eigenvalue weighted by Gasteiger charge is 2.29. The van der Waals surface area contributed by atoms with Gasteiger partial charge < -0.3 is 18.8 Å². The fourth-order valence-corrected chi connectivity index (χ4v) is 3.41. The highest BCUT2D eigenvalue weighted by molar-refractivity contribution is 5.95. The first-order chi connectivity index (χ1) is 14.1. The van der Waals surface area contributed by atoms with Crippen molar-refractivity contribution in [3.63, 3.8) is 0 Å². The van der Waals surface area contributed by atoms with Crippen molar-refractivity contribution in [3.05, 3.63) is 54.1 Å². The number of hydrogen-bond acceptors (Lipinski definition) is 7. The zero-order valence-corrected chi connectivity index (χ0v) is 16.8. The summed E-state index contributed by atoms with van der Waals surface area (Å²) in [5, 5.41) is 0. The molecule has 0 bridgehead atoms. The van der Waals surface area contributed by atoms with Gasteiger partial charge >= 0.3 is 5.97 Å². The van der Waals surface area contributed by atoms with E-state index in [1.807, 2.05) is 46.7 Å². The van der Waals surface area contributed by atoms with E-state index in [0.29, 0.717) is 32.0 Å². The molecule has 3 rings (SSSR count). The van der Waals surface area contributed by atoms with E-state index >= 15 is 0 Å². The lowest BCUT2D eigenvalue weighted by molar-refractivity contribution is -0.151. The van der Waals surface area contributed by atoms with E-state index in [-0.39, 0.29) is 31.0 Å². The molecule has 1 fully saturated rings. The van der Waals surface area contributed by atoms with Crippen LogP contribution in [0.3, 0.4) is 0 Å². The summed E-state index contributed by atoms with van der Waals surface area (Å²) < 4.78 is 17.7. The second-order valence-corrected chi connectivity index (χ2v) is 6.90. The molecule has 1 aliphatic heterocycles. The van der Waals surface area contributed by atoms with Crippen molar-refractivity contribution in [3.8, 4) is 0 Å². The molecule has 8 heteroatoms. The maximum Gasteiger partial charge on any atom is 0.325 e. The van der Waals surface area contributed by atoms with Gasteiger partial charge in [0.1, 0.15) is 18.3 Å². The van der Waals surface area contributed by atoms with Crippen LogP contribution < -0.4 is 0 Å². The van der Waals surface area contributed by atoms with Gasteiger partial charge in [0.2, 0.25) is 5.78 Å². The Balaban J connectivity index is 1.60. The predicted octanol–water partition coefficient (Wildman–Crippen LogP) is 1.57. The number of ketones is 1. The van der Waals surface area contributed by atoms with Crippen molar-refractivity contribution in [1.29, 1.82) is 0 Å². The number of methoxy groups -OCH3 is 1. The summed E-state index contributed by atoms with van der Waals surface area (Å²) in [6.45, 7) is 4.33. The molecule has 1 unspecified atom stereocenters.